The maximum absolute atomic E-state index is 11.0. The average molecular weight is 221 g/mol. The van der Waals surface area contributed by atoms with Crippen molar-refractivity contribution >= 4 is 11.5 Å². The molecule has 0 spiro atoms. The molecular formula is C10H11N3O3. The van der Waals surface area contributed by atoms with E-state index in [1.165, 1.54) is 10.5 Å². The molecule has 0 aliphatic carbocycles. The van der Waals surface area contributed by atoms with Gasteiger partial charge in [0.1, 0.15) is 5.82 Å². The maximum Gasteiger partial charge on any atom is 0.356 e. The molecule has 6 heteroatoms. The standard InChI is InChI=1S/C10H11N3O3/c11-5-4-7-12-9(10(15)16)6-2-1-3-8(14)13(6)7/h1-3,14H,4-5,11H2,(H,15,16). The number of aromatic nitrogens is 2. The fourth-order valence-electron chi connectivity index (χ4n) is 1.64. The van der Waals surface area contributed by atoms with E-state index in [-0.39, 0.29) is 11.6 Å². The van der Waals surface area contributed by atoms with Crippen molar-refractivity contribution < 1.29 is 15.0 Å². The first-order valence-electron chi connectivity index (χ1n) is 4.78. The molecule has 2 aromatic rings. The number of rotatable bonds is 3. The van der Waals surface area contributed by atoms with Gasteiger partial charge in [-0.1, -0.05) is 6.07 Å². The summed E-state index contributed by atoms with van der Waals surface area (Å²) in [4.78, 5) is 14.9. The third kappa shape index (κ3) is 1.49. The van der Waals surface area contributed by atoms with E-state index in [2.05, 4.69) is 4.98 Å². The van der Waals surface area contributed by atoms with Gasteiger partial charge in [-0.2, -0.15) is 0 Å². The molecule has 0 saturated carbocycles. The predicted molar refractivity (Wildman–Crippen MR) is 56.6 cm³/mol. The monoisotopic (exact) mass is 221 g/mol. The summed E-state index contributed by atoms with van der Waals surface area (Å²) in [7, 11) is 0. The highest BCUT2D eigenvalue weighted by atomic mass is 16.4. The molecule has 2 heterocycles. The quantitative estimate of drug-likeness (QED) is 0.689. The van der Waals surface area contributed by atoms with E-state index >= 15 is 0 Å². The largest absolute Gasteiger partial charge is 0.494 e. The van der Waals surface area contributed by atoms with E-state index in [9.17, 15) is 9.90 Å². The minimum atomic E-state index is -1.12. The molecule has 6 nitrogen and oxygen atoms in total. The van der Waals surface area contributed by atoms with Gasteiger partial charge in [0, 0.05) is 6.42 Å². The Morgan fingerprint density at radius 2 is 2.25 bits per heavy atom. The molecule has 16 heavy (non-hydrogen) atoms. The fourth-order valence-corrected chi connectivity index (χ4v) is 1.64. The first-order valence-corrected chi connectivity index (χ1v) is 4.78. The number of carboxylic acid groups (broad SMARTS) is 1. The van der Waals surface area contributed by atoms with Crippen LogP contribution in [0.1, 0.15) is 16.3 Å². The Morgan fingerprint density at radius 1 is 1.50 bits per heavy atom. The minimum absolute atomic E-state index is 0.0408. The van der Waals surface area contributed by atoms with Crippen LogP contribution in [0.25, 0.3) is 5.52 Å². The molecule has 4 N–H and O–H groups in total. The van der Waals surface area contributed by atoms with Crippen LogP contribution in [0.15, 0.2) is 18.2 Å². The van der Waals surface area contributed by atoms with Crippen LogP contribution in [-0.4, -0.2) is 32.1 Å². The molecule has 0 aromatic carbocycles. The van der Waals surface area contributed by atoms with Crippen LogP contribution in [0.4, 0.5) is 0 Å². The molecule has 2 rings (SSSR count). The zero-order valence-electron chi connectivity index (χ0n) is 8.42. The van der Waals surface area contributed by atoms with E-state index in [1.54, 1.807) is 12.1 Å². The molecule has 0 aliphatic rings. The summed E-state index contributed by atoms with van der Waals surface area (Å²) in [5.41, 5.74) is 5.71. The Hall–Kier alpha value is -2.08. The average Bonchev–Trinajstić information content (AvgIpc) is 2.59. The van der Waals surface area contributed by atoms with Gasteiger partial charge in [0.2, 0.25) is 0 Å². The second-order valence-electron chi connectivity index (χ2n) is 3.33. The molecule has 0 bridgehead atoms. The highest BCUT2D eigenvalue weighted by Gasteiger charge is 2.17. The van der Waals surface area contributed by atoms with Crippen LogP contribution in [0.3, 0.4) is 0 Å². The SMILES string of the molecule is NCCc1nc(C(=O)O)c2cccc(O)n12. The molecule has 0 fully saturated rings. The van der Waals surface area contributed by atoms with Crippen LogP contribution >= 0.6 is 0 Å². The van der Waals surface area contributed by atoms with Crippen molar-refractivity contribution in [3.8, 4) is 5.88 Å². The van der Waals surface area contributed by atoms with Crippen molar-refractivity contribution in [1.82, 2.24) is 9.38 Å². The topological polar surface area (TPSA) is 101 Å². The zero-order chi connectivity index (χ0) is 11.7. The van der Waals surface area contributed by atoms with Gasteiger partial charge in [-0.15, -0.1) is 0 Å². The van der Waals surface area contributed by atoms with Crippen molar-refractivity contribution in [3.05, 3.63) is 29.7 Å². The highest BCUT2D eigenvalue weighted by molar-refractivity contribution is 5.93. The summed E-state index contributed by atoms with van der Waals surface area (Å²) in [6.45, 7) is 0.340. The van der Waals surface area contributed by atoms with Gasteiger partial charge in [-0.05, 0) is 18.7 Å². The number of nitrogens with zero attached hydrogens (tertiary/aromatic N) is 2. The number of hydrogen-bond acceptors (Lipinski definition) is 4. The second-order valence-corrected chi connectivity index (χ2v) is 3.33. The van der Waals surface area contributed by atoms with E-state index < -0.39 is 5.97 Å². The Balaban J connectivity index is 2.76. The summed E-state index contributed by atoms with van der Waals surface area (Å²) in [6, 6.07) is 4.64. The Labute approximate surface area is 91.0 Å². The number of imidazole rings is 1. The van der Waals surface area contributed by atoms with E-state index in [0.717, 1.165) is 0 Å². The lowest BCUT2D eigenvalue weighted by molar-refractivity contribution is 0.0693. The van der Waals surface area contributed by atoms with Crippen molar-refractivity contribution in [2.75, 3.05) is 6.54 Å². The summed E-state index contributed by atoms with van der Waals surface area (Å²) in [5, 5.41) is 18.6. The van der Waals surface area contributed by atoms with Crippen molar-refractivity contribution in [2.24, 2.45) is 5.73 Å². The van der Waals surface area contributed by atoms with Crippen molar-refractivity contribution in [1.29, 1.82) is 0 Å². The molecular weight excluding hydrogens is 210 g/mol. The number of fused-ring (bicyclic) bond motifs is 1. The summed E-state index contributed by atoms with van der Waals surface area (Å²) in [5.74, 6) is -0.708. The maximum atomic E-state index is 11.0. The smallest absolute Gasteiger partial charge is 0.356 e. The van der Waals surface area contributed by atoms with E-state index in [4.69, 9.17) is 10.8 Å². The number of aromatic hydroxyl groups is 1. The minimum Gasteiger partial charge on any atom is -0.494 e. The fraction of sp³-hybridized carbons (Fsp3) is 0.200. The van der Waals surface area contributed by atoms with Gasteiger partial charge in [-0.25, -0.2) is 9.78 Å². The van der Waals surface area contributed by atoms with Gasteiger partial charge in [0.05, 0.1) is 5.52 Å². The van der Waals surface area contributed by atoms with Crippen LogP contribution in [0.2, 0.25) is 0 Å². The third-order valence-corrected chi connectivity index (χ3v) is 2.28. The lowest BCUT2D eigenvalue weighted by Gasteiger charge is -2.01. The lowest BCUT2D eigenvalue weighted by atomic mass is 10.3. The number of carbonyl (C=O) groups is 1. The first-order chi connectivity index (χ1) is 7.65. The van der Waals surface area contributed by atoms with E-state index in [1.807, 2.05) is 0 Å². The van der Waals surface area contributed by atoms with Gasteiger partial charge in [0.15, 0.2) is 11.6 Å². The zero-order valence-corrected chi connectivity index (χ0v) is 8.42. The predicted octanol–water partition coefficient (Wildman–Crippen LogP) is 0.239. The number of pyridine rings is 1. The summed E-state index contributed by atoms with van der Waals surface area (Å²) < 4.78 is 1.40. The normalized spacial score (nSPS) is 10.8. The molecule has 0 saturated heterocycles. The van der Waals surface area contributed by atoms with Gasteiger partial charge < -0.3 is 15.9 Å². The van der Waals surface area contributed by atoms with Crippen LogP contribution in [-0.2, 0) is 6.42 Å². The first kappa shape index (κ1) is 10.4. The molecule has 2 aromatic heterocycles. The van der Waals surface area contributed by atoms with Crippen LogP contribution in [0.5, 0.6) is 5.88 Å². The van der Waals surface area contributed by atoms with Crippen molar-refractivity contribution in [2.45, 2.75) is 6.42 Å². The second kappa shape index (κ2) is 3.82. The number of aromatic carboxylic acids is 1. The lowest BCUT2D eigenvalue weighted by Crippen LogP contribution is -2.06. The number of hydrogen-bond donors (Lipinski definition) is 3. The molecule has 0 amide bonds. The molecule has 0 radical (unpaired) electrons. The third-order valence-electron chi connectivity index (χ3n) is 2.28. The number of nitrogens with two attached hydrogens (primary N) is 1. The summed E-state index contributed by atoms with van der Waals surface area (Å²) >= 11 is 0. The van der Waals surface area contributed by atoms with Crippen molar-refractivity contribution in [3.63, 3.8) is 0 Å². The summed E-state index contributed by atoms with van der Waals surface area (Å²) in [6.07, 6.45) is 0.409. The molecule has 0 unspecified atom stereocenters. The van der Waals surface area contributed by atoms with Gasteiger partial charge in [0.25, 0.3) is 0 Å². The van der Waals surface area contributed by atoms with Gasteiger partial charge in [-0.3, -0.25) is 4.40 Å². The van der Waals surface area contributed by atoms with E-state index in [0.29, 0.717) is 24.3 Å². The van der Waals surface area contributed by atoms with Gasteiger partial charge >= 0.3 is 5.97 Å². The number of carboxylic acids is 1. The van der Waals surface area contributed by atoms with Crippen LogP contribution in [0, 0.1) is 0 Å². The molecule has 0 atom stereocenters. The molecule has 0 aliphatic heterocycles. The van der Waals surface area contributed by atoms with Crippen LogP contribution < -0.4 is 5.73 Å². The molecule has 84 valence electrons. The Morgan fingerprint density at radius 3 is 2.88 bits per heavy atom. The Kier molecular flexibility index (Phi) is 2.49. The highest BCUT2D eigenvalue weighted by Crippen LogP contribution is 2.20. The Bertz CT molecular complexity index is 547.